The van der Waals surface area contributed by atoms with Crippen molar-refractivity contribution in [3.63, 3.8) is 0 Å². The first-order chi connectivity index (χ1) is 9.63. The van der Waals surface area contributed by atoms with Crippen LogP contribution < -0.4 is 10.1 Å². The fourth-order valence-electron chi connectivity index (χ4n) is 1.96. The van der Waals surface area contributed by atoms with Gasteiger partial charge >= 0.3 is 0 Å². The van der Waals surface area contributed by atoms with Gasteiger partial charge in [0.25, 0.3) is 5.69 Å². The monoisotopic (exact) mass is 272 g/mol. The summed E-state index contributed by atoms with van der Waals surface area (Å²) < 4.78 is 5.77. The first-order valence-electron chi connectivity index (χ1n) is 6.38. The molecule has 0 aliphatic rings. The van der Waals surface area contributed by atoms with Crippen LogP contribution in [0, 0.1) is 17.0 Å². The molecule has 0 saturated carbocycles. The largest absolute Gasteiger partial charge is 0.457 e. The topological polar surface area (TPSA) is 64.4 Å². The van der Waals surface area contributed by atoms with E-state index >= 15 is 0 Å². The highest BCUT2D eigenvalue weighted by atomic mass is 16.6. The van der Waals surface area contributed by atoms with Crippen molar-refractivity contribution in [2.75, 3.05) is 11.9 Å². The van der Waals surface area contributed by atoms with Gasteiger partial charge < -0.3 is 10.1 Å². The maximum atomic E-state index is 11.0. The van der Waals surface area contributed by atoms with Gasteiger partial charge in [0.1, 0.15) is 17.2 Å². The van der Waals surface area contributed by atoms with Crippen LogP contribution in [-0.2, 0) is 0 Å². The Labute approximate surface area is 117 Å². The van der Waals surface area contributed by atoms with Gasteiger partial charge in [0, 0.05) is 18.2 Å². The van der Waals surface area contributed by atoms with Crippen LogP contribution in [0.4, 0.5) is 11.4 Å². The first kappa shape index (κ1) is 13.9. The van der Waals surface area contributed by atoms with Crippen LogP contribution in [0.2, 0.25) is 0 Å². The van der Waals surface area contributed by atoms with Gasteiger partial charge in [0.2, 0.25) is 0 Å². The number of rotatable bonds is 5. The van der Waals surface area contributed by atoms with Gasteiger partial charge in [-0.2, -0.15) is 0 Å². The molecule has 0 amide bonds. The molecule has 0 fully saturated rings. The molecule has 2 aromatic rings. The zero-order valence-electron chi connectivity index (χ0n) is 11.4. The Bertz CT molecular complexity index is 612. The summed E-state index contributed by atoms with van der Waals surface area (Å²) in [4.78, 5) is 10.7. The van der Waals surface area contributed by atoms with Crippen LogP contribution >= 0.6 is 0 Å². The van der Waals surface area contributed by atoms with E-state index in [1.165, 1.54) is 6.07 Å². The smallest absolute Gasteiger partial charge is 0.292 e. The van der Waals surface area contributed by atoms with E-state index in [0.29, 0.717) is 23.7 Å². The lowest BCUT2D eigenvalue weighted by molar-refractivity contribution is -0.384. The number of nitro benzene ring substituents is 1. The first-order valence-corrected chi connectivity index (χ1v) is 6.38. The second-order valence-corrected chi connectivity index (χ2v) is 4.29. The molecule has 0 atom stereocenters. The molecular formula is C15H16N2O3. The van der Waals surface area contributed by atoms with E-state index in [1.54, 1.807) is 6.07 Å². The lowest BCUT2D eigenvalue weighted by Crippen LogP contribution is -2.04. The van der Waals surface area contributed by atoms with Crippen LogP contribution in [0.15, 0.2) is 42.5 Å². The molecule has 5 nitrogen and oxygen atoms in total. The Hall–Kier alpha value is -2.56. The Morgan fingerprint density at radius 1 is 1.20 bits per heavy atom. The molecule has 0 unspecified atom stereocenters. The minimum Gasteiger partial charge on any atom is -0.457 e. The number of anilines is 1. The molecule has 20 heavy (non-hydrogen) atoms. The van der Waals surface area contributed by atoms with Crippen LogP contribution in [0.1, 0.15) is 12.5 Å². The second-order valence-electron chi connectivity index (χ2n) is 4.29. The van der Waals surface area contributed by atoms with Crippen molar-refractivity contribution in [3.05, 3.63) is 58.1 Å². The molecule has 0 aliphatic heterocycles. The molecule has 0 heterocycles. The molecule has 0 aromatic heterocycles. The third-order valence-electron chi connectivity index (χ3n) is 2.91. The predicted molar refractivity (Wildman–Crippen MR) is 78.5 cm³/mol. The quantitative estimate of drug-likeness (QED) is 0.656. The summed E-state index contributed by atoms with van der Waals surface area (Å²) in [5.41, 5.74) is 1.29. The van der Waals surface area contributed by atoms with Gasteiger partial charge in [-0.25, -0.2) is 0 Å². The van der Waals surface area contributed by atoms with Crippen molar-refractivity contribution >= 4 is 11.4 Å². The SMILES string of the molecule is CCNc1c([N+](=O)[O-])ccc(Oc2ccccc2)c1C. The number of ether oxygens (including phenoxy) is 1. The molecule has 5 heteroatoms. The van der Waals surface area contributed by atoms with Crippen molar-refractivity contribution in [1.29, 1.82) is 0 Å². The summed E-state index contributed by atoms with van der Waals surface area (Å²) in [6.07, 6.45) is 0. The van der Waals surface area contributed by atoms with E-state index in [2.05, 4.69) is 5.32 Å². The molecule has 2 aromatic carbocycles. The highest BCUT2D eigenvalue weighted by molar-refractivity contribution is 5.70. The van der Waals surface area contributed by atoms with Gasteiger partial charge in [-0.15, -0.1) is 0 Å². The lowest BCUT2D eigenvalue weighted by atomic mass is 10.1. The van der Waals surface area contributed by atoms with E-state index in [4.69, 9.17) is 4.74 Å². The minimum absolute atomic E-state index is 0.0600. The minimum atomic E-state index is -0.392. The maximum Gasteiger partial charge on any atom is 0.292 e. The normalized spacial score (nSPS) is 10.1. The van der Waals surface area contributed by atoms with Crippen LogP contribution in [-0.4, -0.2) is 11.5 Å². The zero-order chi connectivity index (χ0) is 14.5. The van der Waals surface area contributed by atoms with Gasteiger partial charge in [0.15, 0.2) is 0 Å². The number of benzene rings is 2. The van der Waals surface area contributed by atoms with Gasteiger partial charge in [-0.1, -0.05) is 18.2 Å². The summed E-state index contributed by atoms with van der Waals surface area (Å²) in [5, 5.41) is 14.1. The van der Waals surface area contributed by atoms with Crippen molar-refractivity contribution < 1.29 is 9.66 Å². The third-order valence-corrected chi connectivity index (χ3v) is 2.91. The van der Waals surface area contributed by atoms with Crippen molar-refractivity contribution in [2.24, 2.45) is 0 Å². The van der Waals surface area contributed by atoms with E-state index in [0.717, 1.165) is 5.56 Å². The lowest BCUT2D eigenvalue weighted by Gasteiger charge is -2.13. The standard InChI is InChI=1S/C15H16N2O3/c1-3-16-15-11(2)14(10-9-13(15)17(18)19)20-12-7-5-4-6-8-12/h4-10,16H,3H2,1-2H3. The Balaban J connectivity index is 2.40. The molecule has 2 rings (SSSR count). The predicted octanol–water partition coefficient (Wildman–Crippen LogP) is 4.13. The molecule has 104 valence electrons. The van der Waals surface area contributed by atoms with E-state index in [1.807, 2.05) is 44.2 Å². The molecular weight excluding hydrogens is 256 g/mol. The van der Waals surface area contributed by atoms with Crippen LogP contribution in [0.25, 0.3) is 0 Å². The highest BCUT2D eigenvalue weighted by Crippen LogP contribution is 2.36. The number of nitrogens with one attached hydrogen (secondary N) is 1. The number of hydrogen-bond acceptors (Lipinski definition) is 4. The van der Waals surface area contributed by atoms with Gasteiger partial charge in [-0.05, 0) is 32.0 Å². The van der Waals surface area contributed by atoms with Crippen LogP contribution in [0.3, 0.4) is 0 Å². The molecule has 0 aliphatic carbocycles. The summed E-state index contributed by atoms with van der Waals surface area (Å²) in [6, 6.07) is 12.4. The van der Waals surface area contributed by atoms with E-state index in [9.17, 15) is 10.1 Å². The highest BCUT2D eigenvalue weighted by Gasteiger charge is 2.18. The van der Waals surface area contributed by atoms with Crippen LogP contribution in [0.5, 0.6) is 11.5 Å². The fourth-order valence-corrected chi connectivity index (χ4v) is 1.96. The number of hydrogen-bond donors (Lipinski definition) is 1. The fraction of sp³-hybridized carbons (Fsp3) is 0.200. The molecule has 0 radical (unpaired) electrons. The summed E-state index contributed by atoms with van der Waals surface area (Å²) in [6.45, 7) is 4.31. The summed E-state index contributed by atoms with van der Waals surface area (Å²) in [5.74, 6) is 1.31. The summed E-state index contributed by atoms with van der Waals surface area (Å²) in [7, 11) is 0. The van der Waals surface area contributed by atoms with Gasteiger partial charge in [0.05, 0.1) is 4.92 Å². The summed E-state index contributed by atoms with van der Waals surface area (Å²) >= 11 is 0. The van der Waals surface area contributed by atoms with Crippen molar-refractivity contribution in [3.8, 4) is 11.5 Å². The van der Waals surface area contributed by atoms with E-state index < -0.39 is 4.92 Å². The number of nitro groups is 1. The van der Waals surface area contributed by atoms with E-state index in [-0.39, 0.29) is 5.69 Å². The second kappa shape index (κ2) is 6.06. The van der Waals surface area contributed by atoms with Crippen molar-refractivity contribution in [2.45, 2.75) is 13.8 Å². The average molecular weight is 272 g/mol. The number of nitrogens with zero attached hydrogens (tertiary/aromatic N) is 1. The molecule has 1 N–H and O–H groups in total. The third kappa shape index (κ3) is 2.88. The molecule has 0 bridgehead atoms. The Kier molecular flexibility index (Phi) is 4.20. The average Bonchev–Trinajstić information content (AvgIpc) is 2.44. The Morgan fingerprint density at radius 2 is 1.90 bits per heavy atom. The molecule has 0 spiro atoms. The Morgan fingerprint density at radius 3 is 2.50 bits per heavy atom. The zero-order valence-corrected chi connectivity index (χ0v) is 11.4. The number of para-hydroxylation sites is 1. The molecule has 0 saturated heterocycles. The maximum absolute atomic E-state index is 11.0. The van der Waals surface area contributed by atoms with Gasteiger partial charge in [-0.3, -0.25) is 10.1 Å². The van der Waals surface area contributed by atoms with Crippen molar-refractivity contribution in [1.82, 2.24) is 0 Å².